The largest absolute Gasteiger partial charge is 0.346 e. The molecule has 0 radical (unpaired) electrons. The third-order valence-corrected chi connectivity index (χ3v) is 5.47. The molecule has 1 fully saturated rings. The second-order valence-electron chi connectivity index (χ2n) is 5.91. The maximum atomic E-state index is 6.25. The standard InChI is InChI=1S/C18H18Cl3N3S/c19-14-5-6-16(21)17(11-14)22-18(25)24-9-7-23(8-10-24)12-13-3-1-2-4-15(13)20/h1-6,11H,7-10,12H2,(H,22,25). The highest BCUT2D eigenvalue weighted by Gasteiger charge is 2.20. The average molecular weight is 415 g/mol. The lowest BCUT2D eigenvalue weighted by atomic mass is 10.2. The summed E-state index contributed by atoms with van der Waals surface area (Å²) in [5, 5.41) is 5.91. The Kier molecular flexibility index (Phi) is 6.42. The quantitative estimate of drug-likeness (QED) is 0.699. The number of thiocarbonyl (C=S) groups is 1. The van der Waals surface area contributed by atoms with Crippen LogP contribution in [0.2, 0.25) is 15.1 Å². The fraction of sp³-hybridized carbons (Fsp3) is 0.278. The van der Waals surface area contributed by atoms with Gasteiger partial charge < -0.3 is 10.2 Å². The Labute approximate surface area is 168 Å². The van der Waals surface area contributed by atoms with Crippen LogP contribution in [0.4, 0.5) is 5.69 Å². The van der Waals surface area contributed by atoms with E-state index >= 15 is 0 Å². The van der Waals surface area contributed by atoms with E-state index in [2.05, 4.69) is 21.2 Å². The van der Waals surface area contributed by atoms with E-state index in [4.69, 9.17) is 47.0 Å². The van der Waals surface area contributed by atoms with Crippen molar-refractivity contribution in [3.63, 3.8) is 0 Å². The summed E-state index contributed by atoms with van der Waals surface area (Å²) in [6.45, 7) is 4.42. The molecule has 0 aromatic heterocycles. The van der Waals surface area contributed by atoms with E-state index in [1.807, 2.05) is 18.2 Å². The van der Waals surface area contributed by atoms with E-state index in [1.54, 1.807) is 18.2 Å². The van der Waals surface area contributed by atoms with Crippen LogP contribution in [0.3, 0.4) is 0 Å². The van der Waals surface area contributed by atoms with E-state index in [9.17, 15) is 0 Å². The van der Waals surface area contributed by atoms with Crippen molar-refractivity contribution in [3.8, 4) is 0 Å². The molecular formula is C18H18Cl3N3S. The third-order valence-electron chi connectivity index (χ3n) is 4.18. The molecule has 1 aliphatic rings. The van der Waals surface area contributed by atoms with Crippen molar-refractivity contribution in [1.82, 2.24) is 9.80 Å². The van der Waals surface area contributed by atoms with Crippen LogP contribution < -0.4 is 5.32 Å². The number of rotatable bonds is 3. The van der Waals surface area contributed by atoms with E-state index < -0.39 is 0 Å². The molecule has 1 heterocycles. The number of anilines is 1. The van der Waals surface area contributed by atoms with Crippen LogP contribution in [0.1, 0.15) is 5.56 Å². The summed E-state index contributed by atoms with van der Waals surface area (Å²) >= 11 is 24.0. The minimum Gasteiger partial charge on any atom is -0.346 e. The summed E-state index contributed by atoms with van der Waals surface area (Å²) in [6.07, 6.45) is 0. The van der Waals surface area contributed by atoms with Crippen molar-refractivity contribution in [1.29, 1.82) is 0 Å². The molecule has 0 bridgehead atoms. The number of nitrogens with zero attached hydrogens (tertiary/aromatic N) is 2. The zero-order valence-corrected chi connectivity index (χ0v) is 16.6. The highest BCUT2D eigenvalue weighted by Crippen LogP contribution is 2.26. The highest BCUT2D eigenvalue weighted by molar-refractivity contribution is 7.80. The molecule has 0 amide bonds. The van der Waals surface area contributed by atoms with Gasteiger partial charge in [-0.1, -0.05) is 53.0 Å². The van der Waals surface area contributed by atoms with Crippen LogP contribution in [0.25, 0.3) is 0 Å². The summed E-state index contributed by atoms with van der Waals surface area (Å²) < 4.78 is 0. The molecule has 0 atom stereocenters. The van der Waals surface area contributed by atoms with E-state index in [1.165, 1.54) is 0 Å². The first-order chi connectivity index (χ1) is 12.0. The second-order valence-corrected chi connectivity index (χ2v) is 7.55. The Bertz CT molecular complexity index is 761. The predicted octanol–water partition coefficient (Wildman–Crippen LogP) is 5.16. The first kappa shape index (κ1) is 18.7. The normalized spacial score (nSPS) is 15.2. The van der Waals surface area contributed by atoms with Crippen molar-refractivity contribution in [3.05, 3.63) is 63.1 Å². The van der Waals surface area contributed by atoms with Gasteiger partial charge in [-0.05, 0) is 42.0 Å². The van der Waals surface area contributed by atoms with Crippen molar-refractivity contribution in [2.24, 2.45) is 0 Å². The summed E-state index contributed by atoms with van der Waals surface area (Å²) in [7, 11) is 0. The van der Waals surface area contributed by atoms with Crippen LogP contribution in [-0.4, -0.2) is 41.1 Å². The molecule has 2 aromatic carbocycles. The number of halogens is 3. The maximum Gasteiger partial charge on any atom is 0.173 e. The zero-order valence-electron chi connectivity index (χ0n) is 13.5. The van der Waals surface area contributed by atoms with Gasteiger partial charge in [-0.25, -0.2) is 0 Å². The van der Waals surface area contributed by atoms with Crippen LogP contribution >= 0.6 is 47.0 Å². The second kappa shape index (κ2) is 8.56. The minimum absolute atomic E-state index is 0.601. The lowest BCUT2D eigenvalue weighted by Crippen LogP contribution is -2.49. The summed E-state index contributed by atoms with van der Waals surface area (Å²) in [6, 6.07) is 13.3. The van der Waals surface area contributed by atoms with Gasteiger partial charge in [0.2, 0.25) is 0 Å². The zero-order chi connectivity index (χ0) is 17.8. The third kappa shape index (κ3) is 4.99. The van der Waals surface area contributed by atoms with E-state index in [0.717, 1.165) is 49.0 Å². The van der Waals surface area contributed by atoms with Gasteiger partial charge in [-0.3, -0.25) is 4.90 Å². The summed E-state index contributed by atoms with van der Waals surface area (Å²) in [4.78, 5) is 4.53. The van der Waals surface area contributed by atoms with E-state index in [0.29, 0.717) is 15.2 Å². The van der Waals surface area contributed by atoms with Gasteiger partial charge in [0.05, 0.1) is 10.7 Å². The van der Waals surface area contributed by atoms with Crippen LogP contribution in [0, 0.1) is 0 Å². The van der Waals surface area contributed by atoms with Crippen LogP contribution in [0.15, 0.2) is 42.5 Å². The molecule has 0 spiro atoms. The van der Waals surface area contributed by atoms with Crippen molar-refractivity contribution in [2.45, 2.75) is 6.54 Å². The molecule has 1 aliphatic heterocycles. The predicted molar refractivity (Wildman–Crippen MR) is 111 cm³/mol. The molecule has 0 saturated carbocycles. The van der Waals surface area contributed by atoms with Crippen molar-refractivity contribution in [2.75, 3.05) is 31.5 Å². The Morgan fingerprint density at radius 3 is 2.40 bits per heavy atom. The number of hydrogen-bond acceptors (Lipinski definition) is 2. The molecule has 0 unspecified atom stereocenters. The average Bonchev–Trinajstić information content (AvgIpc) is 2.61. The summed E-state index contributed by atoms with van der Waals surface area (Å²) in [5.41, 5.74) is 1.89. The fourth-order valence-electron chi connectivity index (χ4n) is 2.76. The van der Waals surface area contributed by atoms with Gasteiger partial charge in [0.15, 0.2) is 5.11 Å². The minimum atomic E-state index is 0.601. The molecule has 7 heteroatoms. The smallest absolute Gasteiger partial charge is 0.173 e. The number of hydrogen-bond donors (Lipinski definition) is 1. The maximum absolute atomic E-state index is 6.25. The highest BCUT2D eigenvalue weighted by atomic mass is 35.5. The number of benzene rings is 2. The number of piperazine rings is 1. The molecule has 3 nitrogen and oxygen atoms in total. The van der Waals surface area contributed by atoms with E-state index in [-0.39, 0.29) is 0 Å². The Morgan fingerprint density at radius 2 is 1.68 bits per heavy atom. The SMILES string of the molecule is S=C(Nc1cc(Cl)ccc1Cl)N1CCN(Cc2ccccc2Cl)CC1. The summed E-state index contributed by atoms with van der Waals surface area (Å²) in [5.74, 6) is 0. The van der Waals surface area contributed by atoms with Gasteiger partial charge >= 0.3 is 0 Å². The topological polar surface area (TPSA) is 18.5 Å². The molecular weight excluding hydrogens is 397 g/mol. The van der Waals surface area contributed by atoms with Gasteiger partial charge in [-0.15, -0.1) is 0 Å². The molecule has 2 aromatic rings. The molecule has 3 rings (SSSR count). The van der Waals surface area contributed by atoms with Crippen LogP contribution in [-0.2, 0) is 6.54 Å². The monoisotopic (exact) mass is 413 g/mol. The molecule has 0 aliphatic carbocycles. The lowest BCUT2D eigenvalue weighted by molar-refractivity contribution is 0.177. The van der Waals surface area contributed by atoms with Crippen molar-refractivity contribution < 1.29 is 0 Å². The molecule has 1 N–H and O–H groups in total. The molecule has 1 saturated heterocycles. The first-order valence-corrected chi connectivity index (χ1v) is 9.54. The Hall–Kier alpha value is -1.04. The number of nitrogens with one attached hydrogen (secondary N) is 1. The van der Waals surface area contributed by atoms with Gasteiger partial charge in [0, 0.05) is 42.8 Å². The Morgan fingerprint density at radius 1 is 0.960 bits per heavy atom. The first-order valence-electron chi connectivity index (χ1n) is 7.99. The van der Waals surface area contributed by atoms with Crippen LogP contribution in [0.5, 0.6) is 0 Å². The molecule has 25 heavy (non-hydrogen) atoms. The lowest BCUT2D eigenvalue weighted by Gasteiger charge is -2.36. The molecule has 132 valence electrons. The van der Waals surface area contributed by atoms with Gasteiger partial charge in [0.25, 0.3) is 0 Å². The fourth-order valence-corrected chi connectivity index (χ4v) is 3.59. The van der Waals surface area contributed by atoms with Gasteiger partial charge in [0.1, 0.15) is 0 Å². The van der Waals surface area contributed by atoms with Crippen molar-refractivity contribution >= 4 is 57.8 Å². The Balaban J connectivity index is 1.54. The van der Waals surface area contributed by atoms with Gasteiger partial charge in [-0.2, -0.15) is 0 Å².